The van der Waals surface area contributed by atoms with Gasteiger partial charge in [-0.3, -0.25) is 9.59 Å². The molecule has 3 rings (SSSR count). The van der Waals surface area contributed by atoms with E-state index in [4.69, 9.17) is 10.5 Å². The van der Waals surface area contributed by atoms with Gasteiger partial charge < -0.3 is 15.4 Å². The van der Waals surface area contributed by atoms with Crippen LogP contribution in [0, 0.1) is 0 Å². The first-order valence-electron chi connectivity index (χ1n) is 8.28. The van der Waals surface area contributed by atoms with Crippen LogP contribution in [0.25, 0.3) is 10.8 Å². The fraction of sp³-hybridized carbons (Fsp3) is 0.143. The first kappa shape index (κ1) is 17.5. The summed E-state index contributed by atoms with van der Waals surface area (Å²) in [6.45, 7) is 0.196. The molecule has 0 spiro atoms. The molecule has 0 saturated carbocycles. The normalized spacial score (nSPS) is 10.5. The van der Waals surface area contributed by atoms with Crippen LogP contribution in [0.15, 0.2) is 66.7 Å². The minimum Gasteiger partial charge on any atom is -0.483 e. The molecule has 0 unspecified atom stereocenters. The molecular weight excluding hydrogens is 328 g/mol. The van der Waals surface area contributed by atoms with Crippen molar-refractivity contribution in [2.75, 3.05) is 13.7 Å². The summed E-state index contributed by atoms with van der Waals surface area (Å²) >= 11 is 0. The van der Waals surface area contributed by atoms with Gasteiger partial charge in [0.2, 0.25) is 0 Å². The lowest BCUT2D eigenvalue weighted by atomic mass is 10.0. The summed E-state index contributed by atoms with van der Waals surface area (Å²) in [6.07, 6.45) is 0. The van der Waals surface area contributed by atoms with Crippen molar-refractivity contribution in [3.8, 4) is 5.75 Å². The van der Waals surface area contributed by atoms with Gasteiger partial charge in [-0.25, -0.2) is 0 Å². The van der Waals surface area contributed by atoms with Crippen molar-refractivity contribution in [1.29, 1.82) is 0 Å². The molecule has 0 aliphatic heterocycles. The lowest BCUT2D eigenvalue weighted by Crippen LogP contribution is -2.27. The van der Waals surface area contributed by atoms with E-state index >= 15 is 0 Å². The molecule has 0 fully saturated rings. The molecular formula is C21H20N2O3. The predicted octanol–water partition coefficient (Wildman–Crippen LogP) is 2.98. The third-order valence-electron chi connectivity index (χ3n) is 4.12. The minimum atomic E-state index is -0.587. The van der Waals surface area contributed by atoms with Crippen LogP contribution in [-0.2, 0) is 11.3 Å². The third kappa shape index (κ3) is 3.83. The molecule has 26 heavy (non-hydrogen) atoms. The standard InChI is InChI=1S/C21H20N2O3/c1-23(13-16-9-6-8-15-7-2-3-10-17(15)16)21(25)18-11-4-5-12-19(18)26-14-20(22)24/h2-12H,13-14H2,1H3,(H2,22,24). The molecule has 2 N–H and O–H groups in total. The second kappa shape index (κ2) is 7.70. The molecule has 5 nitrogen and oxygen atoms in total. The van der Waals surface area contributed by atoms with Gasteiger partial charge in [0.05, 0.1) is 5.56 Å². The molecule has 3 aromatic carbocycles. The topological polar surface area (TPSA) is 72.6 Å². The first-order valence-corrected chi connectivity index (χ1v) is 8.28. The Morgan fingerprint density at radius 1 is 0.962 bits per heavy atom. The summed E-state index contributed by atoms with van der Waals surface area (Å²) in [6, 6.07) is 21.0. The van der Waals surface area contributed by atoms with Crippen LogP contribution in [0.1, 0.15) is 15.9 Å². The number of fused-ring (bicyclic) bond motifs is 1. The Kier molecular flexibility index (Phi) is 5.17. The van der Waals surface area contributed by atoms with Gasteiger partial charge in [-0.05, 0) is 28.5 Å². The van der Waals surface area contributed by atoms with Crippen LogP contribution in [0.3, 0.4) is 0 Å². The Bertz CT molecular complexity index is 947. The summed E-state index contributed by atoms with van der Waals surface area (Å²) in [4.78, 5) is 25.5. The van der Waals surface area contributed by atoms with Gasteiger partial charge in [0.25, 0.3) is 11.8 Å². The number of carbonyl (C=O) groups excluding carboxylic acids is 2. The lowest BCUT2D eigenvalue weighted by Gasteiger charge is -2.20. The van der Waals surface area contributed by atoms with Gasteiger partial charge in [0.1, 0.15) is 5.75 Å². The number of nitrogens with zero attached hydrogens (tertiary/aromatic N) is 1. The minimum absolute atomic E-state index is 0.182. The van der Waals surface area contributed by atoms with Crippen molar-refractivity contribution >= 4 is 22.6 Å². The van der Waals surface area contributed by atoms with Crippen LogP contribution in [0.5, 0.6) is 5.75 Å². The highest BCUT2D eigenvalue weighted by atomic mass is 16.5. The van der Waals surface area contributed by atoms with E-state index < -0.39 is 5.91 Å². The molecule has 5 heteroatoms. The molecule has 132 valence electrons. The predicted molar refractivity (Wildman–Crippen MR) is 101 cm³/mol. The summed E-state index contributed by atoms with van der Waals surface area (Å²) < 4.78 is 5.37. The lowest BCUT2D eigenvalue weighted by molar-refractivity contribution is -0.119. The van der Waals surface area contributed by atoms with Gasteiger partial charge in [-0.2, -0.15) is 0 Å². The Hall–Kier alpha value is -3.34. The molecule has 0 aliphatic carbocycles. The molecule has 0 radical (unpaired) electrons. The zero-order chi connectivity index (χ0) is 18.5. The zero-order valence-corrected chi connectivity index (χ0v) is 14.5. The van der Waals surface area contributed by atoms with Crippen molar-refractivity contribution in [3.05, 3.63) is 77.9 Å². The highest BCUT2D eigenvalue weighted by Gasteiger charge is 2.17. The number of hydrogen-bond acceptors (Lipinski definition) is 3. The van der Waals surface area contributed by atoms with Crippen molar-refractivity contribution < 1.29 is 14.3 Å². The van der Waals surface area contributed by atoms with Crippen LogP contribution < -0.4 is 10.5 Å². The number of primary amides is 1. The maximum atomic E-state index is 12.9. The summed E-state index contributed by atoms with van der Waals surface area (Å²) in [5.74, 6) is -0.421. The van der Waals surface area contributed by atoms with Crippen molar-refractivity contribution in [1.82, 2.24) is 4.90 Å². The molecule has 3 aromatic rings. The van der Waals surface area contributed by atoms with E-state index in [2.05, 4.69) is 0 Å². The van der Waals surface area contributed by atoms with E-state index in [0.29, 0.717) is 17.9 Å². The number of carbonyl (C=O) groups is 2. The smallest absolute Gasteiger partial charge is 0.257 e. The van der Waals surface area contributed by atoms with Crippen LogP contribution in [-0.4, -0.2) is 30.4 Å². The number of nitrogens with two attached hydrogens (primary N) is 1. The molecule has 0 heterocycles. The molecule has 0 saturated heterocycles. The highest BCUT2D eigenvalue weighted by molar-refractivity contribution is 5.97. The number of benzene rings is 3. The highest BCUT2D eigenvalue weighted by Crippen LogP contribution is 2.23. The van der Waals surface area contributed by atoms with Gasteiger partial charge in [0.15, 0.2) is 6.61 Å². The second-order valence-corrected chi connectivity index (χ2v) is 6.05. The van der Waals surface area contributed by atoms with Gasteiger partial charge in [-0.1, -0.05) is 54.6 Å². The molecule has 0 atom stereocenters. The van der Waals surface area contributed by atoms with Crippen molar-refractivity contribution in [2.45, 2.75) is 6.54 Å². The van der Waals surface area contributed by atoms with E-state index in [-0.39, 0.29) is 12.5 Å². The molecule has 0 bridgehead atoms. The van der Waals surface area contributed by atoms with Gasteiger partial charge in [0, 0.05) is 13.6 Å². The van der Waals surface area contributed by atoms with Gasteiger partial charge >= 0.3 is 0 Å². The van der Waals surface area contributed by atoms with Crippen LogP contribution in [0.4, 0.5) is 0 Å². The second-order valence-electron chi connectivity index (χ2n) is 6.05. The SMILES string of the molecule is CN(Cc1cccc2ccccc12)C(=O)c1ccccc1OCC(N)=O. The van der Waals surface area contributed by atoms with E-state index in [0.717, 1.165) is 16.3 Å². The monoisotopic (exact) mass is 348 g/mol. The fourth-order valence-corrected chi connectivity index (χ4v) is 2.88. The Labute approximate surface area is 152 Å². The Balaban J connectivity index is 1.83. The summed E-state index contributed by atoms with van der Waals surface area (Å²) in [5, 5.41) is 2.25. The molecule has 2 amide bonds. The quantitative estimate of drug-likeness (QED) is 0.744. The number of ether oxygens (including phenoxy) is 1. The summed E-state index contributed by atoms with van der Waals surface area (Å²) in [5.41, 5.74) is 6.59. The van der Waals surface area contributed by atoms with Crippen molar-refractivity contribution in [2.24, 2.45) is 5.73 Å². The number of para-hydroxylation sites is 1. The largest absolute Gasteiger partial charge is 0.483 e. The van der Waals surface area contributed by atoms with Crippen molar-refractivity contribution in [3.63, 3.8) is 0 Å². The van der Waals surface area contributed by atoms with Crippen LogP contribution in [0.2, 0.25) is 0 Å². The zero-order valence-electron chi connectivity index (χ0n) is 14.5. The Morgan fingerprint density at radius 2 is 1.65 bits per heavy atom. The summed E-state index contributed by atoms with van der Waals surface area (Å²) in [7, 11) is 1.75. The fourth-order valence-electron chi connectivity index (χ4n) is 2.88. The van der Waals surface area contributed by atoms with Crippen LogP contribution >= 0.6 is 0 Å². The average molecular weight is 348 g/mol. The Morgan fingerprint density at radius 3 is 2.46 bits per heavy atom. The first-order chi connectivity index (χ1) is 12.6. The van der Waals surface area contributed by atoms with Gasteiger partial charge in [-0.15, -0.1) is 0 Å². The maximum absolute atomic E-state index is 12.9. The third-order valence-corrected chi connectivity index (χ3v) is 4.12. The maximum Gasteiger partial charge on any atom is 0.257 e. The number of amides is 2. The number of hydrogen-bond donors (Lipinski definition) is 1. The van der Waals surface area contributed by atoms with E-state index in [9.17, 15) is 9.59 Å². The van der Waals surface area contributed by atoms with E-state index in [1.807, 2.05) is 42.5 Å². The van der Waals surface area contributed by atoms with E-state index in [1.165, 1.54) is 0 Å². The number of rotatable bonds is 6. The average Bonchev–Trinajstić information content (AvgIpc) is 2.66. The molecule has 0 aromatic heterocycles. The molecule has 0 aliphatic rings. The van der Waals surface area contributed by atoms with E-state index in [1.54, 1.807) is 36.2 Å².